The van der Waals surface area contributed by atoms with Crippen molar-refractivity contribution in [1.29, 1.82) is 0 Å². The maximum Gasteiger partial charge on any atom is 0.253 e. The molecular formula is C19H31Cl2N3O2. The van der Waals surface area contributed by atoms with Gasteiger partial charge in [-0.1, -0.05) is 13.8 Å². The van der Waals surface area contributed by atoms with Gasteiger partial charge in [-0.3, -0.25) is 4.79 Å². The lowest BCUT2D eigenvalue weighted by molar-refractivity contribution is 0.0781. The molecule has 2 heterocycles. The van der Waals surface area contributed by atoms with Gasteiger partial charge >= 0.3 is 0 Å². The van der Waals surface area contributed by atoms with Crippen LogP contribution in [0.3, 0.4) is 0 Å². The first kappa shape index (κ1) is 23.0. The first-order valence-electron chi connectivity index (χ1n) is 9.16. The zero-order valence-electron chi connectivity index (χ0n) is 15.6. The summed E-state index contributed by atoms with van der Waals surface area (Å²) in [7, 11) is 0. The number of hydrogen-bond donors (Lipinski definition) is 1. The normalized spacial score (nSPS) is 21.1. The fourth-order valence-corrected chi connectivity index (χ4v) is 3.73. The highest BCUT2D eigenvalue weighted by molar-refractivity contribution is 5.94. The third-order valence-corrected chi connectivity index (χ3v) is 5.35. The number of nitrogens with zero attached hydrogens (tertiary/aromatic N) is 2. The van der Waals surface area contributed by atoms with Gasteiger partial charge in [0.05, 0.1) is 0 Å². The van der Waals surface area contributed by atoms with Crippen LogP contribution in [0.1, 0.15) is 24.2 Å². The number of nitrogens with one attached hydrogen (secondary N) is 1. The van der Waals surface area contributed by atoms with Gasteiger partial charge in [-0.15, -0.1) is 24.8 Å². The standard InChI is InChI=1S/C19H29N3O2.2ClH/c1-3-21(4-2)9-10-24-18-7-5-15(6-8-18)19(23)22-13-16-11-20-12-17(16)14-22;;/h5-8,16-17,20H,3-4,9-14H2,1-2H3;2*1H/t16-,17+;;. The van der Waals surface area contributed by atoms with Gasteiger partial charge in [0.1, 0.15) is 12.4 Å². The van der Waals surface area contributed by atoms with Crippen LogP contribution in [-0.4, -0.2) is 68.1 Å². The van der Waals surface area contributed by atoms with Gasteiger partial charge in [0.25, 0.3) is 5.91 Å². The molecule has 0 radical (unpaired) electrons. The van der Waals surface area contributed by atoms with E-state index >= 15 is 0 Å². The van der Waals surface area contributed by atoms with E-state index < -0.39 is 0 Å². The average molecular weight is 404 g/mol. The summed E-state index contributed by atoms with van der Waals surface area (Å²) in [5.41, 5.74) is 0.763. The summed E-state index contributed by atoms with van der Waals surface area (Å²) in [4.78, 5) is 17.0. The summed E-state index contributed by atoms with van der Waals surface area (Å²) in [6.07, 6.45) is 0. The first-order chi connectivity index (χ1) is 11.7. The van der Waals surface area contributed by atoms with Gasteiger partial charge in [-0.2, -0.15) is 0 Å². The Morgan fingerprint density at radius 3 is 2.23 bits per heavy atom. The molecule has 5 nitrogen and oxygen atoms in total. The van der Waals surface area contributed by atoms with Gasteiger partial charge in [0, 0.05) is 38.3 Å². The van der Waals surface area contributed by atoms with Crippen LogP contribution in [0, 0.1) is 11.8 Å². The molecule has 3 rings (SSSR count). The van der Waals surface area contributed by atoms with E-state index in [1.807, 2.05) is 29.2 Å². The van der Waals surface area contributed by atoms with Crippen LogP contribution in [0.15, 0.2) is 24.3 Å². The predicted octanol–water partition coefficient (Wildman–Crippen LogP) is 2.54. The van der Waals surface area contributed by atoms with Crippen molar-refractivity contribution in [1.82, 2.24) is 15.1 Å². The van der Waals surface area contributed by atoms with E-state index in [0.29, 0.717) is 18.4 Å². The molecule has 0 spiro atoms. The molecule has 0 bridgehead atoms. The Bertz CT molecular complexity index is 540. The SMILES string of the molecule is CCN(CC)CCOc1ccc(C(=O)N2C[C@H]3CNC[C@H]3C2)cc1.Cl.Cl. The highest BCUT2D eigenvalue weighted by Gasteiger charge is 2.38. The molecule has 0 aromatic heterocycles. The molecule has 0 unspecified atom stereocenters. The number of benzene rings is 1. The molecule has 0 saturated carbocycles. The number of hydrogen-bond acceptors (Lipinski definition) is 4. The summed E-state index contributed by atoms with van der Waals surface area (Å²) >= 11 is 0. The number of carbonyl (C=O) groups is 1. The van der Waals surface area contributed by atoms with Crippen LogP contribution in [0.25, 0.3) is 0 Å². The second-order valence-electron chi connectivity index (χ2n) is 6.79. The number of likely N-dealkylation sites (tertiary alicyclic amines) is 1. The minimum Gasteiger partial charge on any atom is -0.492 e. The van der Waals surface area contributed by atoms with Crippen molar-refractivity contribution in [2.45, 2.75) is 13.8 Å². The molecule has 1 N–H and O–H groups in total. The molecule has 7 heteroatoms. The Balaban J connectivity index is 0.00000169. The number of fused-ring (bicyclic) bond motifs is 1. The lowest BCUT2D eigenvalue weighted by Gasteiger charge is -2.19. The molecule has 2 saturated heterocycles. The van der Waals surface area contributed by atoms with Crippen molar-refractivity contribution < 1.29 is 9.53 Å². The van der Waals surface area contributed by atoms with Crippen molar-refractivity contribution in [3.63, 3.8) is 0 Å². The van der Waals surface area contributed by atoms with Crippen LogP contribution in [0.5, 0.6) is 5.75 Å². The predicted molar refractivity (Wildman–Crippen MR) is 110 cm³/mol. The van der Waals surface area contributed by atoms with Crippen LogP contribution in [-0.2, 0) is 0 Å². The number of amides is 1. The van der Waals surface area contributed by atoms with E-state index in [1.165, 1.54) is 0 Å². The zero-order valence-corrected chi connectivity index (χ0v) is 17.3. The Hall–Kier alpha value is -1.01. The summed E-state index contributed by atoms with van der Waals surface area (Å²) in [6.45, 7) is 11.9. The van der Waals surface area contributed by atoms with Crippen molar-refractivity contribution in [3.05, 3.63) is 29.8 Å². The maximum atomic E-state index is 12.6. The van der Waals surface area contributed by atoms with E-state index in [1.54, 1.807) is 0 Å². The van der Waals surface area contributed by atoms with E-state index in [0.717, 1.165) is 57.1 Å². The second-order valence-corrected chi connectivity index (χ2v) is 6.79. The maximum absolute atomic E-state index is 12.6. The molecule has 2 aliphatic rings. The smallest absolute Gasteiger partial charge is 0.253 e. The molecule has 1 aromatic carbocycles. The molecular weight excluding hydrogens is 373 g/mol. The lowest BCUT2D eigenvalue weighted by atomic mass is 10.0. The molecule has 2 atom stereocenters. The number of carbonyl (C=O) groups excluding carboxylic acids is 1. The van der Waals surface area contributed by atoms with Gasteiger partial charge in [0.2, 0.25) is 0 Å². The molecule has 26 heavy (non-hydrogen) atoms. The Kier molecular flexibility index (Phi) is 9.72. The van der Waals surface area contributed by atoms with Crippen LogP contribution in [0.2, 0.25) is 0 Å². The minimum atomic E-state index is 0. The van der Waals surface area contributed by atoms with Crippen molar-refractivity contribution in [2.75, 3.05) is 52.4 Å². The third-order valence-electron chi connectivity index (χ3n) is 5.35. The summed E-state index contributed by atoms with van der Waals surface area (Å²) in [6, 6.07) is 7.60. The number of halogens is 2. The first-order valence-corrected chi connectivity index (χ1v) is 9.16. The quantitative estimate of drug-likeness (QED) is 0.759. The fourth-order valence-electron chi connectivity index (χ4n) is 3.73. The molecule has 2 aliphatic heterocycles. The Labute approximate surface area is 169 Å². The van der Waals surface area contributed by atoms with E-state index in [9.17, 15) is 4.79 Å². The second kappa shape index (κ2) is 11.0. The highest BCUT2D eigenvalue weighted by Crippen LogP contribution is 2.27. The van der Waals surface area contributed by atoms with Crippen LogP contribution in [0.4, 0.5) is 0 Å². The summed E-state index contributed by atoms with van der Waals surface area (Å²) in [5.74, 6) is 2.26. The monoisotopic (exact) mass is 403 g/mol. The molecule has 1 amide bonds. The number of likely N-dealkylation sites (N-methyl/N-ethyl adjacent to an activating group) is 1. The Morgan fingerprint density at radius 2 is 1.69 bits per heavy atom. The topological polar surface area (TPSA) is 44.8 Å². The van der Waals surface area contributed by atoms with E-state index in [2.05, 4.69) is 24.1 Å². The molecule has 148 valence electrons. The van der Waals surface area contributed by atoms with Crippen molar-refractivity contribution in [2.24, 2.45) is 11.8 Å². The molecule has 2 fully saturated rings. The van der Waals surface area contributed by atoms with Gasteiger partial charge in [0.15, 0.2) is 0 Å². The zero-order chi connectivity index (χ0) is 16.9. The van der Waals surface area contributed by atoms with Crippen LogP contribution >= 0.6 is 24.8 Å². The van der Waals surface area contributed by atoms with Gasteiger partial charge < -0.3 is 19.9 Å². The minimum absolute atomic E-state index is 0. The van der Waals surface area contributed by atoms with Crippen molar-refractivity contribution >= 4 is 30.7 Å². The van der Waals surface area contributed by atoms with Crippen LogP contribution < -0.4 is 10.1 Å². The number of rotatable bonds is 7. The largest absolute Gasteiger partial charge is 0.492 e. The summed E-state index contributed by atoms with van der Waals surface area (Å²) in [5, 5.41) is 3.41. The molecule has 0 aliphatic carbocycles. The van der Waals surface area contributed by atoms with E-state index in [-0.39, 0.29) is 30.7 Å². The highest BCUT2D eigenvalue weighted by atomic mass is 35.5. The third kappa shape index (κ3) is 5.49. The average Bonchev–Trinajstić information content (AvgIpc) is 3.20. The van der Waals surface area contributed by atoms with Crippen molar-refractivity contribution in [3.8, 4) is 5.75 Å². The fraction of sp³-hybridized carbons (Fsp3) is 0.632. The Morgan fingerprint density at radius 1 is 1.12 bits per heavy atom. The van der Waals surface area contributed by atoms with E-state index in [4.69, 9.17) is 4.74 Å². The summed E-state index contributed by atoms with van der Waals surface area (Å²) < 4.78 is 5.79. The molecule has 1 aromatic rings. The number of ether oxygens (including phenoxy) is 1. The van der Waals surface area contributed by atoms with Gasteiger partial charge in [-0.25, -0.2) is 0 Å². The van der Waals surface area contributed by atoms with Gasteiger partial charge in [-0.05, 0) is 49.2 Å². The lowest BCUT2D eigenvalue weighted by Crippen LogP contribution is -2.31.